The van der Waals surface area contributed by atoms with Gasteiger partial charge in [-0.3, -0.25) is 0 Å². The second kappa shape index (κ2) is 11.4. The number of rotatable bonds is 12. The van der Waals surface area contributed by atoms with Crippen molar-refractivity contribution in [2.24, 2.45) is 0 Å². The average molecular weight is 301 g/mol. The molecule has 1 N–H and O–H groups in total. The van der Waals surface area contributed by atoms with Crippen molar-refractivity contribution in [3.8, 4) is 5.75 Å². The zero-order valence-electron chi connectivity index (χ0n) is 12.7. The molecule has 0 saturated carbocycles. The van der Waals surface area contributed by atoms with Gasteiger partial charge in [0.2, 0.25) is 0 Å². The summed E-state index contributed by atoms with van der Waals surface area (Å²) in [5.74, 6) is 0.199. The lowest BCUT2D eigenvalue weighted by molar-refractivity contribution is 0.0543. The standard InChI is InChI=1S/C15H24FNO4/c1-18-4-3-17-12-13-9-14(16)11-15(10-13)21-8-7-20-6-5-19-2/h9-11,17H,3-8,12H2,1-2H3. The first-order chi connectivity index (χ1) is 10.3. The van der Waals surface area contributed by atoms with E-state index in [-0.39, 0.29) is 5.82 Å². The molecular formula is C15H24FNO4. The minimum absolute atomic E-state index is 0.309. The van der Waals surface area contributed by atoms with Crippen molar-refractivity contribution in [1.82, 2.24) is 5.32 Å². The molecule has 0 spiro atoms. The first-order valence-corrected chi connectivity index (χ1v) is 6.95. The SMILES string of the molecule is COCCNCc1cc(F)cc(OCCOCCOC)c1. The van der Waals surface area contributed by atoms with E-state index in [1.165, 1.54) is 12.1 Å². The molecule has 0 amide bonds. The van der Waals surface area contributed by atoms with Crippen LogP contribution < -0.4 is 10.1 Å². The van der Waals surface area contributed by atoms with Gasteiger partial charge in [0, 0.05) is 33.4 Å². The maximum Gasteiger partial charge on any atom is 0.127 e. The molecule has 5 nitrogen and oxygen atoms in total. The highest BCUT2D eigenvalue weighted by Crippen LogP contribution is 2.16. The van der Waals surface area contributed by atoms with E-state index in [9.17, 15) is 4.39 Å². The molecule has 0 radical (unpaired) electrons. The molecule has 0 aliphatic heterocycles. The fourth-order valence-electron chi connectivity index (χ4n) is 1.68. The lowest BCUT2D eigenvalue weighted by atomic mass is 10.2. The third-order valence-electron chi connectivity index (χ3n) is 2.67. The van der Waals surface area contributed by atoms with Crippen molar-refractivity contribution in [3.63, 3.8) is 0 Å². The van der Waals surface area contributed by atoms with Gasteiger partial charge in [-0.15, -0.1) is 0 Å². The summed E-state index contributed by atoms with van der Waals surface area (Å²) in [4.78, 5) is 0. The Morgan fingerprint density at radius 2 is 1.71 bits per heavy atom. The molecule has 1 aromatic rings. The molecule has 1 rings (SSSR count). The predicted molar refractivity (Wildman–Crippen MR) is 78.2 cm³/mol. The number of hydrogen-bond donors (Lipinski definition) is 1. The Balaban J connectivity index is 2.31. The van der Waals surface area contributed by atoms with Crippen LogP contribution in [0.15, 0.2) is 18.2 Å². The van der Waals surface area contributed by atoms with Crippen molar-refractivity contribution in [2.75, 3.05) is 53.8 Å². The highest BCUT2D eigenvalue weighted by atomic mass is 19.1. The lowest BCUT2D eigenvalue weighted by Gasteiger charge is -2.10. The first-order valence-electron chi connectivity index (χ1n) is 6.95. The molecule has 6 heteroatoms. The molecule has 0 saturated heterocycles. The van der Waals surface area contributed by atoms with Crippen LogP contribution in [-0.4, -0.2) is 53.8 Å². The van der Waals surface area contributed by atoms with Gasteiger partial charge < -0.3 is 24.3 Å². The summed E-state index contributed by atoms with van der Waals surface area (Å²) in [6.45, 7) is 3.82. The van der Waals surface area contributed by atoms with Gasteiger partial charge in [0.25, 0.3) is 0 Å². The summed E-state index contributed by atoms with van der Waals surface area (Å²) in [5.41, 5.74) is 0.835. The quantitative estimate of drug-likeness (QED) is 0.594. The van der Waals surface area contributed by atoms with Gasteiger partial charge in [-0.05, 0) is 17.7 Å². The van der Waals surface area contributed by atoms with E-state index in [1.54, 1.807) is 14.2 Å². The summed E-state index contributed by atoms with van der Waals surface area (Å²) in [6.07, 6.45) is 0. The van der Waals surface area contributed by atoms with Crippen molar-refractivity contribution in [3.05, 3.63) is 29.6 Å². The monoisotopic (exact) mass is 301 g/mol. The third kappa shape index (κ3) is 8.62. The summed E-state index contributed by atoms with van der Waals surface area (Å²) >= 11 is 0. The van der Waals surface area contributed by atoms with E-state index >= 15 is 0 Å². The van der Waals surface area contributed by atoms with E-state index in [2.05, 4.69) is 5.32 Å². The number of hydrogen-bond acceptors (Lipinski definition) is 5. The van der Waals surface area contributed by atoms with Gasteiger partial charge in [-0.1, -0.05) is 0 Å². The summed E-state index contributed by atoms with van der Waals surface area (Å²) in [6, 6.07) is 4.67. The number of halogens is 1. The van der Waals surface area contributed by atoms with Crippen LogP contribution in [0.5, 0.6) is 5.75 Å². The average Bonchev–Trinajstić information content (AvgIpc) is 2.47. The molecule has 0 aromatic heterocycles. The van der Waals surface area contributed by atoms with Gasteiger partial charge in [-0.2, -0.15) is 0 Å². The lowest BCUT2D eigenvalue weighted by Crippen LogP contribution is -2.18. The second-order valence-electron chi connectivity index (χ2n) is 4.42. The van der Waals surface area contributed by atoms with Crippen molar-refractivity contribution in [1.29, 1.82) is 0 Å². The normalized spacial score (nSPS) is 10.8. The minimum atomic E-state index is -0.309. The van der Waals surface area contributed by atoms with Crippen LogP contribution in [-0.2, 0) is 20.8 Å². The Morgan fingerprint density at radius 3 is 2.48 bits per heavy atom. The molecule has 21 heavy (non-hydrogen) atoms. The van der Waals surface area contributed by atoms with Crippen LogP contribution >= 0.6 is 0 Å². The van der Waals surface area contributed by atoms with Crippen LogP contribution in [0.3, 0.4) is 0 Å². The molecule has 120 valence electrons. The van der Waals surface area contributed by atoms with Gasteiger partial charge in [0.1, 0.15) is 18.2 Å². The number of ether oxygens (including phenoxy) is 4. The topological polar surface area (TPSA) is 49.0 Å². The molecule has 0 fully saturated rings. The molecule has 0 unspecified atom stereocenters. The van der Waals surface area contributed by atoms with Gasteiger partial charge >= 0.3 is 0 Å². The molecule has 0 bridgehead atoms. The highest BCUT2D eigenvalue weighted by molar-refractivity contribution is 5.29. The maximum absolute atomic E-state index is 13.5. The Kier molecular flexibility index (Phi) is 9.73. The van der Waals surface area contributed by atoms with E-state index < -0.39 is 0 Å². The van der Waals surface area contributed by atoms with Crippen LogP contribution in [0.2, 0.25) is 0 Å². The van der Waals surface area contributed by atoms with Crippen molar-refractivity contribution in [2.45, 2.75) is 6.54 Å². The Morgan fingerprint density at radius 1 is 0.952 bits per heavy atom. The number of nitrogens with one attached hydrogen (secondary N) is 1. The molecule has 0 aliphatic carbocycles. The van der Waals surface area contributed by atoms with E-state index in [0.29, 0.717) is 45.3 Å². The third-order valence-corrected chi connectivity index (χ3v) is 2.67. The van der Waals surface area contributed by atoms with Crippen LogP contribution in [0, 0.1) is 5.82 Å². The van der Waals surface area contributed by atoms with E-state index in [0.717, 1.165) is 12.1 Å². The molecule has 0 atom stereocenters. The largest absolute Gasteiger partial charge is 0.491 e. The smallest absolute Gasteiger partial charge is 0.127 e. The Hall–Kier alpha value is -1.21. The Bertz CT molecular complexity index is 390. The number of benzene rings is 1. The summed E-state index contributed by atoms with van der Waals surface area (Å²) < 4.78 is 34.1. The zero-order chi connectivity index (χ0) is 15.3. The molecule has 1 aromatic carbocycles. The summed E-state index contributed by atoms with van der Waals surface area (Å²) in [7, 11) is 3.26. The fraction of sp³-hybridized carbons (Fsp3) is 0.600. The van der Waals surface area contributed by atoms with Crippen LogP contribution in [0.4, 0.5) is 4.39 Å². The molecule has 0 heterocycles. The van der Waals surface area contributed by atoms with Gasteiger partial charge in [0.05, 0.1) is 26.4 Å². The Labute approximate surface area is 125 Å². The fourth-order valence-corrected chi connectivity index (χ4v) is 1.68. The highest BCUT2D eigenvalue weighted by Gasteiger charge is 2.02. The zero-order valence-corrected chi connectivity index (χ0v) is 12.7. The minimum Gasteiger partial charge on any atom is -0.491 e. The number of methoxy groups -OCH3 is 2. The van der Waals surface area contributed by atoms with E-state index in [4.69, 9.17) is 18.9 Å². The van der Waals surface area contributed by atoms with Crippen LogP contribution in [0.1, 0.15) is 5.56 Å². The predicted octanol–water partition coefficient (Wildman–Crippen LogP) is 1.60. The van der Waals surface area contributed by atoms with Crippen molar-refractivity contribution < 1.29 is 23.3 Å². The van der Waals surface area contributed by atoms with Crippen LogP contribution in [0.25, 0.3) is 0 Å². The second-order valence-corrected chi connectivity index (χ2v) is 4.42. The first kappa shape index (κ1) is 17.8. The molecule has 0 aliphatic rings. The molecular weight excluding hydrogens is 277 g/mol. The van der Waals surface area contributed by atoms with Gasteiger partial charge in [-0.25, -0.2) is 4.39 Å². The van der Waals surface area contributed by atoms with Crippen molar-refractivity contribution >= 4 is 0 Å². The van der Waals surface area contributed by atoms with E-state index in [1.807, 2.05) is 6.07 Å². The summed E-state index contributed by atoms with van der Waals surface area (Å²) in [5, 5.41) is 3.16. The maximum atomic E-state index is 13.5. The van der Waals surface area contributed by atoms with Gasteiger partial charge in [0.15, 0.2) is 0 Å².